The highest BCUT2D eigenvalue weighted by atomic mass is 16.3. The molecule has 0 aliphatic carbocycles. The third-order valence-electron chi connectivity index (χ3n) is 3.41. The van der Waals surface area contributed by atoms with E-state index in [0.29, 0.717) is 5.75 Å². The summed E-state index contributed by atoms with van der Waals surface area (Å²) in [5.41, 5.74) is 9.28. The molecule has 0 saturated carbocycles. The Morgan fingerprint density at radius 3 is 2.28 bits per heavy atom. The molecule has 0 spiro atoms. The molecular weight excluding hydrogens is 222 g/mol. The first-order chi connectivity index (χ1) is 8.31. The summed E-state index contributed by atoms with van der Waals surface area (Å²) >= 11 is 0. The predicted molar refractivity (Wildman–Crippen MR) is 78.0 cm³/mol. The van der Waals surface area contributed by atoms with Gasteiger partial charge in [-0.05, 0) is 29.4 Å². The number of phenols is 1. The van der Waals surface area contributed by atoms with Crippen molar-refractivity contribution in [2.75, 3.05) is 0 Å². The van der Waals surface area contributed by atoms with Crippen LogP contribution in [0.5, 0.6) is 5.75 Å². The average molecular weight is 249 g/mol. The van der Waals surface area contributed by atoms with Crippen molar-refractivity contribution in [2.24, 2.45) is 5.73 Å². The minimum absolute atomic E-state index is 0.0596. The molecule has 18 heavy (non-hydrogen) atoms. The summed E-state index contributed by atoms with van der Waals surface area (Å²) in [6.07, 6.45) is 2.90. The number of rotatable bonds is 4. The minimum atomic E-state index is -0.0670. The number of hydrogen-bond acceptors (Lipinski definition) is 2. The number of aryl methyl sites for hydroxylation is 1. The fraction of sp³-hybridized carbons (Fsp3) is 0.625. The number of phenolic OH excluding ortho intramolecular Hbond substituents is 1. The maximum atomic E-state index is 10.5. The zero-order chi connectivity index (χ0) is 13.9. The van der Waals surface area contributed by atoms with Crippen molar-refractivity contribution >= 4 is 0 Å². The van der Waals surface area contributed by atoms with Gasteiger partial charge >= 0.3 is 0 Å². The van der Waals surface area contributed by atoms with Crippen LogP contribution in [-0.4, -0.2) is 5.11 Å². The highest BCUT2D eigenvalue weighted by molar-refractivity contribution is 5.48. The third kappa shape index (κ3) is 3.26. The highest BCUT2D eigenvalue weighted by Crippen LogP contribution is 2.37. The summed E-state index contributed by atoms with van der Waals surface area (Å²) in [7, 11) is 0. The van der Waals surface area contributed by atoms with E-state index in [2.05, 4.69) is 46.8 Å². The van der Waals surface area contributed by atoms with Crippen LogP contribution in [0.3, 0.4) is 0 Å². The van der Waals surface area contributed by atoms with Crippen LogP contribution in [0.25, 0.3) is 0 Å². The molecule has 0 fully saturated rings. The lowest BCUT2D eigenvalue weighted by Gasteiger charge is -2.25. The molecule has 0 heterocycles. The molecule has 2 nitrogen and oxygen atoms in total. The molecular formula is C16H27NO. The first kappa shape index (κ1) is 15.0. The van der Waals surface area contributed by atoms with Crippen LogP contribution in [0.15, 0.2) is 12.1 Å². The van der Waals surface area contributed by atoms with Gasteiger partial charge in [0.05, 0.1) is 0 Å². The standard InChI is InChI=1S/C16H27NO/c1-6-8-14(17)12-9-11(7-2)10-13(15(12)18)16(3,4)5/h9-10,14,18H,6-8,17H2,1-5H3. The SMILES string of the molecule is CCCC(N)c1cc(CC)cc(C(C)(C)C)c1O. The summed E-state index contributed by atoms with van der Waals surface area (Å²) < 4.78 is 0. The molecule has 3 N–H and O–H groups in total. The second-order valence-electron chi connectivity index (χ2n) is 6.08. The largest absolute Gasteiger partial charge is 0.507 e. The molecule has 2 heteroatoms. The fourth-order valence-corrected chi connectivity index (χ4v) is 2.24. The van der Waals surface area contributed by atoms with Gasteiger partial charge in [-0.1, -0.05) is 53.2 Å². The fourth-order valence-electron chi connectivity index (χ4n) is 2.24. The van der Waals surface area contributed by atoms with E-state index in [0.717, 1.165) is 30.4 Å². The van der Waals surface area contributed by atoms with Gasteiger partial charge in [-0.2, -0.15) is 0 Å². The number of hydrogen-bond donors (Lipinski definition) is 2. The van der Waals surface area contributed by atoms with Crippen LogP contribution >= 0.6 is 0 Å². The van der Waals surface area contributed by atoms with Crippen molar-refractivity contribution < 1.29 is 5.11 Å². The average Bonchev–Trinajstić information content (AvgIpc) is 2.28. The molecule has 0 aliphatic rings. The van der Waals surface area contributed by atoms with Crippen molar-refractivity contribution in [3.8, 4) is 5.75 Å². The molecule has 1 aromatic carbocycles. The smallest absolute Gasteiger partial charge is 0.124 e. The lowest BCUT2D eigenvalue weighted by Crippen LogP contribution is -2.16. The Labute approximate surface area is 111 Å². The van der Waals surface area contributed by atoms with E-state index in [9.17, 15) is 5.11 Å². The Balaban J connectivity index is 3.34. The Bertz CT molecular complexity index is 404. The number of nitrogens with two attached hydrogens (primary N) is 1. The second kappa shape index (κ2) is 5.75. The van der Waals surface area contributed by atoms with Crippen molar-refractivity contribution in [1.82, 2.24) is 0 Å². The summed E-state index contributed by atoms with van der Waals surface area (Å²) in [5, 5.41) is 10.5. The van der Waals surface area contributed by atoms with Gasteiger partial charge in [-0.25, -0.2) is 0 Å². The summed E-state index contributed by atoms with van der Waals surface area (Å²) in [6.45, 7) is 10.6. The van der Waals surface area contributed by atoms with Crippen molar-refractivity contribution in [3.63, 3.8) is 0 Å². The maximum Gasteiger partial charge on any atom is 0.124 e. The monoisotopic (exact) mass is 249 g/mol. The number of aromatic hydroxyl groups is 1. The first-order valence-electron chi connectivity index (χ1n) is 6.93. The molecule has 0 amide bonds. The summed E-state index contributed by atoms with van der Waals surface area (Å²) in [6, 6.07) is 4.10. The normalized spacial score (nSPS) is 13.7. The van der Waals surface area contributed by atoms with Crippen LogP contribution in [0.4, 0.5) is 0 Å². The molecule has 1 aromatic rings. The Hall–Kier alpha value is -1.02. The van der Waals surface area contributed by atoms with Crippen molar-refractivity contribution in [2.45, 2.75) is 65.3 Å². The van der Waals surface area contributed by atoms with Crippen LogP contribution < -0.4 is 5.73 Å². The molecule has 1 rings (SSSR count). The van der Waals surface area contributed by atoms with Crippen LogP contribution in [0.2, 0.25) is 0 Å². The van der Waals surface area contributed by atoms with Crippen LogP contribution in [0, 0.1) is 0 Å². The Kier molecular flexibility index (Phi) is 4.80. The van der Waals surface area contributed by atoms with E-state index in [1.165, 1.54) is 5.56 Å². The third-order valence-corrected chi connectivity index (χ3v) is 3.41. The summed E-state index contributed by atoms with van der Waals surface area (Å²) in [5.74, 6) is 0.389. The van der Waals surface area contributed by atoms with Gasteiger partial charge in [0.2, 0.25) is 0 Å². The first-order valence-corrected chi connectivity index (χ1v) is 6.93. The van der Waals surface area contributed by atoms with Gasteiger partial charge < -0.3 is 10.8 Å². The molecule has 0 saturated heterocycles. The molecule has 0 bridgehead atoms. The zero-order valence-corrected chi connectivity index (χ0v) is 12.4. The van der Waals surface area contributed by atoms with Gasteiger partial charge in [0.15, 0.2) is 0 Å². The van der Waals surface area contributed by atoms with E-state index in [1.54, 1.807) is 0 Å². The molecule has 0 aromatic heterocycles. The lowest BCUT2D eigenvalue weighted by atomic mass is 9.82. The Morgan fingerprint density at radius 2 is 1.83 bits per heavy atom. The van der Waals surface area contributed by atoms with E-state index in [-0.39, 0.29) is 11.5 Å². The zero-order valence-electron chi connectivity index (χ0n) is 12.4. The molecule has 0 aliphatic heterocycles. The topological polar surface area (TPSA) is 46.2 Å². The van der Waals surface area contributed by atoms with Gasteiger partial charge in [0.25, 0.3) is 0 Å². The number of benzene rings is 1. The predicted octanol–water partition coefficient (Wildman–Crippen LogP) is 4.05. The van der Waals surface area contributed by atoms with Gasteiger partial charge in [0.1, 0.15) is 5.75 Å². The van der Waals surface area contributed by atoms with Crippen molar-refractivity contribution in [3.05, 3.63) is 28.8 Å². The van der Waals surface area contributed by atoms with Crippen LogP contribution in [-0.2, 0) is 11.8 Å². The van der Waals surface area contributed by atoms with E-state index < -0.39 is 0 Å². The lowest BCUT2D eigenvalue weighted by molar-refractivity contribution is 0.431. The van der Waals surface area contributed by atoms with Crippen LogP contribution in [0.1, 0.15) is 70.2 Å². The highest BCUT2D eigenvalue weighted by Gasteiger charge is 2.23. The molecule has 102 valence electrons. The van der Waals surface area contributed by atoms with E-state index in [1.807, 2.05) is 0 Å². The Morgan fingerprint density at radius 1 is 1.22 bits per heavy atom. The quantitative estimate of drug-likeness (QED) is 0.845. The van der Waals surface area contributed by atoms with Gasteiger partial charge in [-0.3, -0.25) is 0 Å². The minimum Gasteiger partial charge on any atom is -0.507 e. The maximum absolute atomic E-state index is 10.5. The molecule has 0 radical (unpaired) electrons. The van der Waals surface area contributed by atoms with E-state index in [4.69, 9.17) is 5.73 Å². The molecule has 1 unspecified atom stereocenters. The second-order valence-corrected chi connectivity index (χ2v) is 6.08. The van der Waals surface area contributed by atoms with Crippen molar-refractivity contribution in [1.29, 1.82) is 0 Å². The van der Waals surface area contributed by atoms with Gasteiger partial charge in [-0.15, -0.1) is 0 Å². The molecule has 1 atom stereocenters. The summed E-state index contributed by atoms with van der Waals surface area (Å²) in [4.78, 5) is 0. The van der Waals surface area contributed by atoms with E-state index >= 15 is 0 Å². The van der Waals surface area contributed by atoms with Gasteiger partial charge in [0, 0.05) is 11.6 Å².